The highest BCUT2D eigenvalue weighted by atomic mass is 16.6. The van der Waals surface area contributed by atoms with Crippen molar-refractivity contribution >= 4 is 11.5 Å². The van der Waals surface area contributed by atoms with Gasteiger partial charge in [-0.15, -0.1) is 0 Å². The van der Waals surface area contributed by atoms with Crippen LogP contribution in [0.1, 0.15) is 19.7 Å². The van der Waals surface area contributed by atoms with Crippen LogP contribution >= 0.6 is 0 Å². The minimum absolute atomic E-state index is 0.0897. The van der Waals surface area contributed by atoms with E-state index in [4.69, 9.17) is 10.5 Å². The minimum atomic E-state index is -0.646. The molecule has 7 nitrogen and oxygen atoms in total. The van der Waals surface area contributed by atoms with Crippen LogP contribution in [0.2, 0.25) is 0 Å². The second-order valence-electron chi connectivity index (χ2n) is 3.74. The summed E-state index contributed by atoms with van der Waals surface area (Å²) in [5, 5.41) is 10.7. The average Bonchev–Trinajstić information content (AvgIpc) is 2.14. The maximum Gasteiger partial charge on any atom is 0.372 e. The van der Waals surface area contributed by atoms with Crippen LogP contribution in [0.4, 0.5) is 11.5 Å². The Bertz CT molecular complexity index is 406. The van der Waals surface area contributed by atoms with Crippen LogP contribution in [0.3, 0.4) is 0 Å². The maximum absolute atomic E-state index is 10.7. The highest BCUT2D eigenvalue weighted by molar-refractivity contribution is 5.58. The lowest BCUT2D eigenvalue weighted by molar-refractivity contribution is -0.385. The molecule has 1 aromatic heterocycles. The molecule has 0 amide bonds. The van der Waals surface area contributed by atoms with Gasteiger partial charge in [-0.1, -0.05) is 13.8 Å². The predicted molar refractivity (Wildman–Crippen MR) is 58.2 cm³/mol. The summed E-state index contributed by atoms with van der Waals surface area (Å²) in [7, 11) is 1.31. The van der Waals surface area contributed by atoms with E-state index in [2.05, 4.69) is 9.97 Å². The lowest BCUT2D eigenvalue weighted by atomic mass is 10.1. The zero-order valence-electron chi connectivity index (χ0n) is 9.43. The number of hydrogen-bond acceptors (Lipinski definition) is 6. The van der Waals surface area contributed by atoms with Crippen LogP contribution in [0.15, 0.2) is 0 Å². The van der Waals surface area contributed by atoms with Gasteiger partial charge in [0.1, 0.15) is 5.82 Å². The summed E-state index contributed by atoms with van der Waals surface area (Å²) >= 11 is 0. The molecule has 0 aromatic carbocycles. The Morgan fingerprint density at radius 2 is 2.12 bits per heavy atom. The molecule has 0 unspecified atom stereocenters. The third-order valence-electron chi connectivity index (χ3n) is 1.89. The van der Waals surface area contributed by atoms with Gasteiger partial charge in [0.25, 0.3) is 5.88 Å². The molecule has 88 valence electrons. The van der Waals surface area contributed by atoms with Gasteiger partial charge < -0.3 is 10.5 Å². The van der Waals surface area contributed by atoms with Crippen molar-refractivity contribution in [1.82, 2.24) is 9.97 Å². The van der Waals surface area contributed by atoms with Crippen molar-refractivity contribution in [3.8, 4) is 5.88 Å². The third kappa shape index (κ3) is 2.56. The summed E-state index contributed by atoms with van der Waals surface area (Å²) in [4.78, 5) is 17.9. The number of ether oxygens (including phenoxy) is 1. The van der Waals surface area contributed by atoms with Gasteiger partial charge in [0, 0.05) is 6.42 Å². The minimum Gasteiger partial charge on any atom is -0.476 e. The molecular weight excluding hydrogens is 212 g/mol. The zero-order chi connectivity index (χ0) is 12.3. The Labute approximate surface area is 92.8 Å². The number of aromatic nitrogens is 2. The van der Waals surface area contributed by atoms with Gasteiger partial charge in [-0.3, -0.25) is 10.1 Å². The Morgan fingerprint density at radius 1 is 1.50 bits per heavy atom. The molecule has 0 radical (unpaired) electrons. The van der Waals surface area contributed by atoms with Crippen molar-refractivity contribution in [3.05, 3.63) is 15.9 Å². The van der Waals surface area contributed by atoms with E-state index < -0.39 is 4.92 Å². The van der Waals surface area contributed by atoms with Gasteiger partial charge in [-0.25, -0.2) is 4.98 Å². The molecule has 1 aromatic rings. The van der Waals surface area contributed by atoms with Gasteiger partial charge in [-0.05, 0) is 5.92 Å². The summed E-state index contributed by atoms with van der Waals surface area (Å²) < 4.78 is 4.84. The molecule has 0 saturated carbocycles. The smallest absolute Gasteiger partial charge is 0.372 e. The standard InChI is InChI=1S/C9H14N4O3/c1-5(2)4-6-11-8(10)7(13(14)15)9(12-6)16-3/h5H,4H2,1-3H3,(H2,10,11,12). The Hall–Kier alpha value is -1.92. The quantitative estimate of drug-likeness (QED) is 0.610. The van der Waals surface area contributed by atoms with Crippen molar-refractivity contribution < 1.29 is 9.66 Å². The topological polar surface area (TPSA) is 104 Å². The van der Waals surface area contributed by atoms with Crippen molar-refractivity contribution in [2.45, 2.75) is 20.3 Å². The summed E-state index contributed by atoms with van der Waals surface area (Å²) in [5.41, 5.74) is 5.12. The summed E-state index contributed by atoms with van der Waals surface area (Å²) in [5.74, 6) is 0.543. The fourth-order valence-corrected chi connectivity index (χ4v) is 1.27. The van der Waals surface area contributed by atoms with Crippen LogP contribution in [-0.4, -0.2) is 22.0 Å². The summed E-state index contributed by atoms with van der Waals surface area (Å²) in [6, 6.07) is 0. The van der Waals surface area contributed by atoms with Crippen LogP contribution in [0.5, 0.6) is 5.88 Å². The van der Waals surface area contributed by atoms with E-state index >= 15 is 0 Å². The molecular formula is C9H14N4O3. The van der Waals surface area contributed by atoms with Crippen molar-refractivity contribution in [2.75, 3.05) is 12.8 Å². The Balaban J connectivity index is 3.21. The molecule has 0 spiro atoms. The van der Waals surface area contributed by atoms with E-state index in [1.54, 1.807) is 0 Å². The molecule has 1 heterocycles. The van der Waals surface area contributed by atoms with Gasteiger partial charge in [0.2, 0.25) is 5.82 Å². The number of hydrogen-bond donors (Lipinski definition) is 1. The SMILES string of the molecule is COc1nc(CC(C)C)nc(N)c1[N+](=O)[O-]. The molecule has 1 rings (SSSR count). The first-order valence-electron chi connectivity index (χ1n) is 4.80. The van der Waals surface area contributed by atoms with Gasteiger partial charge in [0.15, 0.2) is 0 Å². The largest absolute Gasteiger partial charge is 0.476 e. The lowest BCUT2D eigenvalue weighted by Gasteiger charge is -2.07. The fourth-order valence-electron chi connectivity index (χ4n) is 1.27. The monoisotopic (exact) mass is 226 g/mol. The van der Waals surface area contributed by atoms with E-state index in [0.717, 1.165) is 0 Å². The van der Waals surface area contributed by atoms with E-state index in [1.165, 1.54) is 7.11 Å². The molecule has 0 atom stereocenters. The molecule has 16 heavy (non-hydrogen) atoms. The highest BCUT2D eigenvalue weighted by Crippen LogP contribution is 2.29. The van der Waals surface area contributed by atoms with Crippen LogP contribution < -0.4 is 10.5 Å². The van der Waals surface area contributed by atoms with Gasteiger partial charge in [0.05, 0.1) is 12.0 Å². The van der Waals surface area contributed by atoms with Gasteiger partial charge >= 0.3 is 5.69 Å². The number of anilines is 1. The summed E-state index contributed by atoms with van der Waals surface area (Å²) in [6.45, 7) is 3.99. The first-order chi connectivity index (χ1) is 7.45. The first-order valence-corrected chi connectivity index (χ1v) is 4.80. The predicted octanol–water partition coefficient (Wildman–Crippen LogP) is 1.17. The molecule has 7 heteroatoms. The molecule has 0 bridgehead atoms. The molecule has 0 saturated heterocycles. The first kappa shape index (κ1) is 12.2. The zero-order valence-corrected chi connectivity index (χ0v) is 9.43. The summed E-state index contributed by atoms with van der Waals surface area (Å²) in [6.07, 6.45) is 0.596. The van der Waals surface area contributed by atoms with Crippen molar-refractivity contribution in [2.24, 2.45) is 5.92 Å². The number of nitro groups is 1. The normalized spacial score (nSPS) is 10.5. The van der Waals surface area contributed by atoms with E-state index in [9.17, 15) is 10.1 Å². The number of nitrogen functional groups attached to an aromatic ring is 1. The van der Waals surface area contributed by atoms with E-state index in [1.807, 2.05) is 13.8 Å². The van der Waals surface area contributed by atoms with Gasteiger partial charge in [-0.2, -0.15) is 4.98 Å². The van der Waals surface area contributed by atoms with Crippen LogP contribution in [0, 0.1) is 16.0 Å². The second kappa shape index (κ2) is 4.73. The molecule has 0 aliphatic heterocycles. The number of methoxy groups -OCH3 is 1. The Morgan fingerprint density at radius 3 is 2.56 bits per heavy atom. The van der Waals surface area contributed by atoms with Crippen LogP contribution in [0.25, 0.3) is 0 Å². The highest BCUT2D eigenvalue weighted by Gasteiger charge is 2.23. The Kier molecular flexibility index (Phi) is 3.60. The molecule has 2 N–H and O–H groups in total. The number of nitrogens with two attached hydrogens (primary N) is 1. The molecule has 0 aliphatic carbocycles. The maximum atomic E-state index is 10.7. The number of nitrogens with zero attached hydrogens (tertiary/aromatic N) is 3. The lowest BCUT2D eigenvalue weighted by Crippen LogP contribution is -2.09. The number of rotatable bonds is 4. The van der Waals surface area contributed by atoms with Crippen molar-refractivity contribution in [1.29, 1.82) is 0 Å². The van der Waals surface area contributed by atoms with E-state index in [0.29, 0.717) is 18.2 Å². The fraction of sp³-hybridized carbons (Fsp3) is 0.556. The molecule has 0 fully saturated rings. The van der Waals surface area contributed by atoms with Crippen LogP contribution in [-0.2, 0) is 6.42 Å². The third-order valence-corrected chi connectivity index (χ3v) is 1.89. The second-order valence-corrected chi connectivity index (χ2v) is 3.74. The van der Waals surface area contributed by atoms with E-state index in [-0.39, 0.29) is 17.4 Å². The van der Waals surface area contributed by atoms with Crippen molar-refractivity contribution in [3.63, 3.8) is 0 Å². The molecule has 0 aliphatic rings. The average molecular weight is 226 g/mol.